The number of fused-ring (bicyclic) bond motifs is 1. The van der Waals surface area contributed by atoms with Crippen molar-refractivity contribution >= 4 is 35.0 Å². The highest BCUT2D eigenvalue weighted by molar-refractivity contribution is 6.31. The summed E-state index contributed by atoms with van der Waals surface area (Å²) in [7, 11) is 0. The molecule has 1 aromatic carbocycles. The highest BCUT2D eigenvalue weighted by Gasteiger charge is 2.13. The summed E-state index contributed by atoms with van der Waals surface area (Å²) in [5, 5.41) is 11.6. The predicted molar refractivity (Wildman–Crippen MR) is 104 cm³/mol. The summed E-state index contributed by atoms with van der Waals surface area (Å²) >= 11 is 6.41. The SMILES string of the molecule is Cc1nn(-c2ccc(F)cc2)c(Cl)c1/C=C/C(=O)Nc1ccnc2ccnn12. The van der Waals surface area contributed by atoms with E-state index in [1.807, 2.05) is 0 Å². The van der Waals surface area contributed by atoms with Crippen LogP contribution in [0, 0.1) is 12.7 Å². The zero-order valence-electron chi connectivity index (χ0n) is 14.7. The molecule has 9 heteroatoms. The molecular formula is C19H14ClFN6O. The number of benzene rings is 1. The lowest BCUT2D eigenvalue weighted by Gasteiger charge is -2.04. The number of nitrogens with one attached hydrogen (secondary N) is 1. The van der Waals surface area contributed by atoms with Gasteiger partial charge in [0.25, 0.3) is 0 Å². The van der Waals surface area contributed by atoms with E-state index in [4.69, 9.17) is 11.6 Å². The van der Waals surface area contributed by atoms with E-state index in [9.17, 15) is 9.18 Å². The van der Waals surface area contributed by atoms with Crippen LogP contribution in [-0.4, -0.2) is 30.3 Å². The summed E-state index contributed by atoms with van der Waals surface area (Å²) in [5.74, 6) is -0.203. The standard InChI is InChI=1S/C19H14ClFN6O/c1-12-15(19(20)26(25-12)14-4-2-13(21)3-5-14)6-7-18(28)24-17-8-10-22-16-9-11-23-27(16)17/h2-11H,1H3,(H,24,28)/b7-6+. The van der Waals surface area contributed by atoms with Crippen LogP contribution in [0.2, 0.25) is 5.15 Å². The number of hydrogen-bond donors (Lipinski definition) is 1. The van der Waals surface area contributed by atoms with Gasteiger partial charge in [-0.2, -0.15) is 14.7 Å². The number of aromatic nitrogens is 5. The minimum atomic E-state index is -0.354. The Morgan fingerprint density at radius 1 is 1.18 bits per heavy atom. The summed E-state index contributed by atoms with van der Waals surface area (Å²) < 4.78 is 16.1. The number of rotatable bonds is 4. The third kappa shape index (κ3) is 3.37. The van der Waals surface area contributed by atoms with Crippen LogP contribution in [-0.2, 0) is 4.79 Å². The van der Waals surface area contributed by atoms with E-state index in [0.717, 1.165) is 0 Å². The Bertz CT molecular complexity index is 1200. The van der Waals surface area contributed by atoms with Gasteiger partial charge in [-0.1, -0.05) is 11.6 Å². The summed E-state index contributed by atoms with van der Waals surface area (Å²) in [6.07, 6.45) is 6.13. The van der Waals surface area contributed by atoms with Gasteiger partial charge in [-0.05, 0) is 43.3 Å². The maximum atomic E-state index is 13.1. The van der Waals surface area contributed by atoms with E-state index < -0.39 is 0 Å². The maximum absolute atomic E-state index is 13.1. The molecule has 0 unspecified atom stereocenters. The summed E-state index contributed by atoms with van der Waals surface area (Å²) in [6, 6.07) is 9.20. The Balaban J connectivity index is 1.57. The van der Waals surface area contributed by atoms with Gasteiger partial charge < -0.3 is 5.32 Å². The van der Waals surface area contributed by atoms with Crippen LogP contribution in [0.4, 0.5) is 10.2 Å². The van der Waals surface area contributed by atoms with Gasteiger partial charge >= 0.3 is 0 Å². The van der Waals surface area contributed by atoms with Crippen molar-refractivity contribution in [1.29, 1.82) is 0 Å². The molecule has 4 rings (SSSR count). The zero-order valence-corrected chi connectivity index (χ0v) is 15.4. The molecule has 0 aliphatic rings. The highest BCUT2D eigenvalue weighted by Crippen LogP contribution is 2.25. The minimum absolute atomic E-state index is 0.325. The van der Waals surface area contributed by atoms with Gasteiger partial charge in [-0.3, -0.25) is 4.79 Å². The van der Waals surface area contributed by atoms with E-state index in [1.54, 1.807) is 49.7 Å². The number of amides is 1. The van der Waals surface area contributed by atoms with E-state index in [2.05, 4.69) is 20.5 Å². The van der Waals surface area contributed by atoms with Crippen LogP contribution in [0.5, 0.6) is 0 Å². The average Bonchev–Trinajstić information content (AvgIpc) is 3.26. The lowest BCUT2D eigenvalue weighted by molar-refractivity contribution is -0.111. The first-order valence-electron chi connectivity index (χ1n) is 8.32. The number of carbonyl (C=O) groups excluding carboxylic acids is 1. The fraction of sp³-hybridized carbons (Fsp3) is 0.0526. The number of aryl methyl sites for hydroxylation is 1. The minimum Gasteiger partial charge on any atom is -0.307 e. The Hall–Kier alpha value is -3.52. The van der Waals surface area contributed by atoms with Crippen LogP contribution in [0.1, 0.15) is 11.3 Å². The fourth-order valence-electron chi connectivity index (χ4n) is 2.71. The average molecular weight is 397 g/mol. The zero-order chi connectivity index (χ0) is 19.7. The highest BCUT2D eigenvalue weighted by atomic mass is 35.5. The van der Waals surface area contributed by atoms with Crippen molar-refractivity contribution in [2.45, 2.75) is 6.92 Å². The van der Waals surface area contributed by atoms with Crippen molar-refractivity contribution in [3.63, 3.8) is 0 Å². The fourth-order valence-corrected chi connectivity index (χ4v) is 3.05. The molecule has 0 aliphatic heterocycles. The van der Waals surface area contributed by atoms with Crippen LogP contribution >= 0.6 is 11.6 Å². The number of hydrogen-bond acceptors (Lipinski definition) is 4. The Morgan fingerprint density at radius 2 is 1.96 bits per heavy atom. The van der Waals surface area contributed by atoms with E-state index in [1.165, 1.54) is 27.4 Å². The quantitative estimate of drug-likeness (QED) is 0.534. The van der Waals surface area contributed by atoms with Gasteiger partial charge in [0.15, 0.2) is 5.65 Å². The first-order valence-corrected chi connectivity index (χ1v) is 8.69. The Labute approximate surface area is 164 Å². The molecule has 0 atom stereocenters. The number of halogens is 2. The van der Waals surface area contributed by atoms with Crippen molar-refractivity contribution in [3.8, 4) is 5.69 Å². The Morgan fingerprint density at radius 3 is 2.75 bits per heavy atom. The maximum Gasteiger partial charge on any atom is 0.249 e. The first kappa shape index (κ1) is 17.9. The van der Waals surface area contributed by atoms with E-state index in [-0.39, 0.29) is 11.7 Å². The third-order valence-corrected chi connectivity index (χ3v) is 4.43. The molecule has 3 heterocycles. The third-order valence-electron chi connectivity index (χ3n) is 4.06. The van der Waals surface area contributed by atoms with Crippen LogP contribution in [0.3, 0.4) is 0 Å². The molecule has 3 aromatic heterocycles. The molecule has 4 aromatic rings. The molecule has 0 spiro atoms. The van der Waals surface area contributed by atoms with Gasteiger partial charge in [-0.25, -0.2) is 14.1 Å². The van der Waals surface area contributed by atoms with Crippen LogP contribution in [0.25, 0.3) is 17.4 Å². The second kappa shape index (κ2) is 7.24. The number of nitrogens with zero attached hydrogens (tertiary/aromatic N) is 5. The summed E-state index contributed by atoms with van der Waals surface area (Å²) in [4.78, 5) is 16.5. The smallest absolute Gasteiger partial charge is 0.249 e. The molecule has 0 radical (unpaired) electrons. The summed E-state index contributed by atoms with van der Waals surface area (Å²) in [5.41, 5.74) is 2.48. The van der Waals surface area contributed by atoms with E-state index >= 15 is 0 Å². The molecule has 1 amide bonds. The number of carbonyl (C=O) groups is 1. The van der Waals surface area contributed by atoms with Crippen molar-refractivity contribution < 1.29 is 9.18 Å². The van der Waals surface area contributed by atoms with Crippen molar-refractivity contribution in [1.82, 2.24) is 24.4 Å². The Kier molecular flexibility index (Phi) is 4.62. The van der Waals surface area contributed by atoms with Crippen molar-refractivity contribution in [2.75, 3.05) is 5.32 Å². The molecule has 7 nitrogen and oxygen atoms in total. The lowest BCUT2D eigenvalue weighted by atomic mass is 10.2. The lowest BCUT2D eigenvalue weighted by Crippen LogP contribution is -2.11. The summed E-state index contributed by atoms with van der Waals surface area (Å²) in [6.45, 7) is 1.78. The molecule has 0 saturated heterocycles. The molecule has 1 N–H and O–H groups in total. The molecule has 0 saturated carbocycles. The van der Waals surface area contributed by atoms with Crippen molar-refractivity contribution in [3.05, 3.63) is 77.1 Å². The van der Waals surface area contributed by atoms with Gasteiger partial charge in [0.1, 0.15) is 16.8 Å². The second-order valence-electron chi connectivity index (χ2n) is 5.93. The van der Waals surface area contributed by atoms with Crippen molar-refractivity contribution in [2.24, 2.45) is 0 Å². The predicted octanol–water partition coefficient (Wildman–Crippen LogP) is 3.67. The second-order valence-corrected chi connectivity index (χ2v) is 6.29. The van der Waals surface area contributed by atoms with Crippen LogP contribution < -0.4 is 5.32 Å². The first-order chi connectivity index (χ1) is 13.5. The van der Waals surface area contributed by atoms with Gasteiger partial charge in [0, 0.05) is 23.9 Å². The normalized spacial score (nSPS) is 11.4. The van der Waals surface area contributed by atoms with Gasteiger partial charge in [0.2, 0.25) is 5.91 Å². The monoisotopic (exact) mass is 396 g/mol. The molecule has 0 bridgehead atoms. The molecule has 0 aliphatic carbocycles. The molecular weight excluding hydrogens is 383 g/mol. The van der Waals surface area contributed by atoms with Crippen LogP contribution in [0.15, 0.2) is 54.9 Å². The molecule has 140 valence electrons. The van der Waals surface area contributed by atoms with Gasteiger partial charge in [-0.15, -0.1) is 0 Å². The van der Waals surface area contributed by atoms with E-state index in [0.29, 0.717) is 33.6 Å². The number of anilines is 1. The topological polar surface area (TPSA) is 77.1 Å². The largest absolute Gasteiger partial charge is 0.307 e. The molecule has 28 heavy (non-hydrogen) atoms. The molecule has 0 fully saturated rings. The van der Waals surface area contributed by atoms with Gasteiger partial charge in [0.05, 0.1) is 17.6 Å².